The maximum absolute atomic E-state index is 10.1. The lowest BCUT2D eigenvalue weighted by Crippen LogP contribution is -2.38. The summed E-state index contributed by atoms with van der Waals surface area (Å²) in [7, 11) is 4.76. The number of hydrogen-bond donors (Lipinski definition) is 3. The van der Waals surface area contributed by atoms with Crippen molar-refractivity contribution < 1.29 is 14.6 Å². The number of halogens is 1. The van der Waals surface area contributed by atoms with Gasteiger partial charge in [0.1, 0.15) is 0 Å². The van der Waals surface area contributed by atoms with Crippen LogP contribution in [-0.4, -0.2) is 32.3 Å². The summed E-state index contributed by atoms with van der Waals surface area (Å²) in [5, 5.41) is 19.2. The van der Waals surface area contributed by atoms with Gasteiger partial charge in [-0.1, -0.05) is 42.5 Å². The highest BCUT2D eigenvalue weighted by molar-refractivity contribution is 14.0. The molecule has 3 N–H and O–H groups in total. The minimum absolute atomic E-state index is 0. The first-order valence-corrected chi connectivity index (χ1v) is 9.46. The van der Waals surface area contributed by atoms with Crippen molar-refractivity contribution in [3.05, 3.63) is 65.7 Å². The topological polar surface area (TPSA) is 75.1 Å². The molecule has 3 rings (SSSR count). The van der Waals surface area contributed by atoms with Gasteiger partial charge in [0.25, 0.3) is 0 Å². The molecular weight excluding hydrogens is 493 g/mol. The number of benzene rings is 3. The summed E-state index contributed by atoms with van der Waals surface area (Å²) in [5.41, 5.74) is 2.11. The first-order chi connectivity index (χ1) is 14.1. The minimum atomic E-state index is -0.00849. The third kappa shape index (κ3) is 5.27. The first-order valence-electron chi connectivity index (χ1n) is 9.46. The average molecular weight is 521 g/mol. The predicted octanol–water partition coefficient (Wildman–Crippen LogP) is 4.61. The van der Waals surface area contributed by atoms with Gasteiger partial charge in [-0.25, -0.2) is 0 Å². The summed E-state index contributed by atoms with van der Waals surface area (Å²) < 4.78 is 10.4. The minimum Gasteiger partial charge on any atom is -0.502 e. The number of phenols is 1. The van der Waals surface area contributed by atoms with Gasteiger partial charge in [-0.3, -0.25) is 4.99 Å². The van der Waals surface area contributed by atoms with E-state index in [2.05, 4.69) is 58.9 Å². The van der Waals surface area contributed by atoms with E-state index >= 15 is 0 Å². The first kappa shape index (κ1) is 23.6. The fraction of sp³-hybridized carbons (Fsp3) is 0.261. The van der Waals surface area contributed by atoms with E-state index in [9.17, 15) is 5.11 Å². The Morgan fingerprint density at radius 3 is 2.30 bits per heavy atom. The van der Waals surface area contributed by atoms with E-state index in [1.807, 2.05) is 6.07 Å². The lowest BCUT2D eigenvalue weighted by molar-refractivity contribution is 0.339. The van der Waals surface area contributed by atoms with Crippen molar-refractivity contribution in [3.63, 3.8) is 0 Å². The highest BCUT2D eigenvalue weighted by Crippen LogP contribution is 2.37. The second kappa shape index (κ2) is 10.9. The van der Waals surface area contributed by atoms with Crippen LogP contribution in [0.25, 0.3) is 10.8 Å². The maximum atomic E-state index is 10.1. The molecule has 0 heterocycles. The predicted molar refractivity (Wildman–Crippen MR) is 132 cm³/mol. The highest BCUT2D eigenvalue weighted by Gasteiger charge is 2.13. The summed E-state index contributed by atoms with van der Waals surface area (Å²) in [4.78, 5) is 4.33. The summed E-state index contributed by atoms with van der Waals surface area (Å²) >= 11 is 0. The number of nitrogens with one attached hydrogen (secondary N) is 2. The maximum Gasteiger partial charge on any atom is 0.200 e. The van der Waals surface area contributed by atoms with E-state index in [-0.39, 0.29) is 35.8 Å². The quantitative estimate of drug-likeness (QED) is 0.251. The fourth-order valence-electron chi connectivity index (χ4n) is 3.34. The number of fused-ring (bicyclic) bond motifs is 1. The van der Waals surface area contributed by atoms with Crippen LogP contribution in [0.2, 0.25) is 0 Å². The lowest BCUT2D eigenvalue weighted by atomic mass is 10.00. The van der Waals surface area contributed by atoms with Crippen LogP contribution in [0.4, 0.5) is 0 Å². The average Bonchev–Trinajstić information content (AvgIpc) is 2.76. The molecule has 160 valence electrons. The van der Waals surface area contributed by atoms with Gasteiger partial charge < -0.3 is 25.2 Å². The Bertz CT molecular complexity index is 993. The molecule has 0 fully saturated rings. The number of ether oxygens (including phenoxy) is 2. The molecule has 0 saturated carbocycles. The largest absolute Gasteiger partial charge is 0.502 e. The van der Waals surface area contributed by atoms with E-state index in [1.54, 1.807) is 19.2 Å². The summed E-state index contributed by atoms with van der Waals surface area (Å²) in [6, 6.07) is 18.3. The number of phenolic OH excluding ortho intramolecular Hbond substituents is 1. The second-order valence-electron chi connectivity index (χ2n) is 6.71. The molecule has 7 heteroatoms. The van der Waals surface area contributed by atoms with Gasteiger partial charge in [0.15, 0.2) is 17.5 Å². The molecule has 3 aromatic rings. The van der Waals surface area contributed by atoms with Crippen molar-refractivity contribution in [3.8, 4) is 17.2 Å². The molecule has 0 spiro atoms. The van der Waals surface area contributed by atoms with Crippen molar-refractivity contribution in [1.29, 1.82) is 0 Å². The van der Waals surface area contributed by atoms with Gasteiger partial charge in [-0.05, 0) is 41.0 Å². The molecule has 3 aromatic carbocycles. The van der Waals surface area contributed by atoms with Gasteiger partial charge in [-0.15, -0.1) is 24.0 Å². The van der Waals surface area contributed by atoms with Crippen molar-refractivity contribution in [2.24, 2.45) is 4.99 Å². The molecule has 1 unspecified atom stereocenters. The van der Waals surface area contributed by atoms with Crippen molar-refractivity contribution in [2.75, 3.05) is 21.3 Å². The SMILES string of the molecule is CN=C(NCc1cc(OC)c(O)c(OC)c1)NC(C)c1cccc2ccccc12.I. The fourth-order valence-corrected chi connectivity index (χ4v) is 3.34. The van der Waals surface area contributed by atoms with Gasteiger partial charge >= 0.3 is 0 Å². The molecule has 0 aliphatic carbocycles. The van der Waals surface area contributed by atoms with E-state index in [0.717, 1.165) is 5.56 Å². The van der Waals surface area contributed by atoms with Gasteiger partial charge in [0, 0.05) is 13.6 Å². The van der Waals surface area contributed by atoms with Crippen LogP contribution in [0.5, 0.6) is 17.2 Å². The number of hydrogen-bond acceptors (Lipinski definition) is 4. The molecule has 0 aliphatic rings. The van der Waals surface area contributed by atoms with E-state index in [1.165, 1.54) is 30.6 Å². The number of rotatable bonds is 6. The molecule has 0 saturated heterocycles. The Morgan fingerprint density at radius 1 is 1.03 bits per heavy atom. The number of aliphatic imine (C=N–C) groups is 1. The molecule has 30 heavy (non-hydrogen) atoms. The van der Waals surface area contributed by atoms with Crippen LogP contribution < -0.4 is 20.1 Å². The van der Waals surface area contributed by atoms with Crippen LogP contribution in [0, 0.1) is 0 Å². The Hall–Kier alpha value is -2.68. The van der Waals surface area contributed by atoms with Crippen LogP contribution in [0.1, 0.15) is 24.1 Å². The van der Waals surface area contributed by atoms with E-state index in [0.29, 0.717) is 24.0 Å². The van der Waals surface area contributed by atoms with Crippen molar-refractivity contribution in [2.45, 2.75) is 19.5 Å². The Balaban J connectivity index is 0.00000320. The highest BCUT2D eigenvalue weighted by atomic mass is 127. The smallest absolute Gasteiger partial charge is 0.200 e. The van der Waals surface area contributed by atoms with Crippen LogP contribution in [-0.2, 0) is 6.54 Å². The van der Waals surface area contributed by atoms with Crippen LogP contribution in [0.15, 0.2) is 59.6 Å². The van der Waals surface area contributed by atoms with Crippen molar-refractivity contribution in [1.82, 2.24) is 10.6 Å². The van der Waals surface area contributed by atoms with Crippen LogP contribution >= 0.6 is 24.0 Å². The summed E-state index contributed by atoms with van der Waals surface area (Å²) in [5.74, 6) is 1.41. The molecule has 0 bridgehead atoms. The zero-order valence-electron chi connectivity index (χ0n) is 17.6. The van der Waals surface area contributed by atoms with Gasteiger partial charge in [-0.2, -0.15) is 0 Å². The monoisotopic (exact) mass is 521 g/mol. The zero-order chi connectivity index (χ0) is 20.8. The van der Waals surface area contributed by atoms with Gasteiger partial charge in [0.05, 0.1) is 20.3 Å². The molecule has 0 aliphatic heterocycles. The number of aromatic hydroxyl groups is 1. The molecular formula is C23H28IN3O3. The Kier molecular flexibility index (Phi) is 8.58. The van der Waals surface area contributed by atoms with Crippen LogP contribution in [0.3, 0.4) is 0 Å². The van der Waals surface area contributed by atoms with Crippen molar-refractivity contribution >= 4 is 40.7 Å². The third-order valence-corrected chi connectivity index (χ3v) is 4.87. The Morgan fingerprint density at radius 2 is 1.67 bits per heavy atom. The molecule has 6 nitrogen and oxygen atoms in total. The number of nitrogens with zero attached hydrogens (tertiary/aromatic N) is 1. The normalized spacial score (nSPS) is 12.1. The standard InChI is InChI=1S/C23H27N3O3.HI/c1-15(18-11-7-9-17-8-5-6-10-19(17)18)26-23(24-2)25-14-16-12-20(28-3)22(27)21(13-16)29-4;/h5-13,15,27H,14H2,1-4H3,(H2,24,25,26);1H. The summed E-state index contributed by atoms with van der Waals surface area (Å²) in [6.45, 7) is 2.61. The molecule has 1 atom stereocenters. The Labute approximate surface area is 194 Å². The second-order valence-corrected chi connectivity index (χ2v) is 6.71. The lowest BCUT2D eigenvalue weighted by Gasteiger charge is -2.20. The molecule has 0 amide bonds. The van der Waals surface area contributed by atoms with E-state index < -0.39 is 0 Å². The molecule has 0 radical (unpaired) electrons. The third-order valence-electron chi connectivity index (χ3n) is 4.87. The number of methoxy groups -OCH3 is 2. The van der Waals surface area contributed by atoms with Gasteiger partial charge in [0.2, 0.25) is 5.75 Å². The number of guanidine groups is 1. The zero-order valence-corrected chi connectivity index (χ0v) is 19.9. The molecule has 0 aromatic heterocycles. The van der Waals surface area contributed by atoms with E-state index in [4.69, 9.17) is 9.47 Å². The summed E-state index contributed by atoms with van der Waals surface area (Å²) in [6.07, 6.45) is 0.